The number of methoxy groups -OCH3 is 3. The highest BCUT2D eigenvalue weighted by atomic mass is 16.5. The summed E-state index contributed by atoms with van der Waals surface area (Å²) in [7, 11) is 3.83. The third kappa shape index (κ3) is 10.2. The van der Waals surface area contributed by atoms with Gasteiger partial charge in [0.2, 0.25) is 5.91 Å². The number of benzene rings is 3. The van der Waals surface area contributed by atoms with Gasteiger partial charge in [-0.05, 0) is 72.8 Å². The Hall–Kier alpha value is -9.08. The number of hydrogen-bond acceptors (Lipinski definition) is 15. The summed E-state index contributed by atoms with van der Waals surface area (Å²) < 4.78 is 15.4. The van der Waals surface area contributed by atoms with E-state index in [-0.39, 0.29) is 57.5 Å². The lowest BCUT2D eigenvalue weighted by Crippen LogP contribution is -2.45. The predicted octanol–water partition coefficient (Wildman–Crippen LogP) is 3.47. The Bertz CT molecular complexity index is 2680. The molecule has 0 saturated carbocycles. The van der Waals surface area contributed by atoms with Crippen molar-refractivity contribution < 1.29 is 58.3 Å². The minimum absolute atomic E-state index is 0.0477. The molecule has 6 aromatic rings. The van der Waals surface area contributed by atoms with Crippen LogP contribution in [0, 0.1) is 0 Å². The fourth-order valence-corrected chi connectivity index (χ4v) is 5.83. The van der Waals surface area contributed by atoms with E-state index in [0.29, 0.717) is 17.1 Å². The largest absolute Gasteiger partial charge is 0.504 e. The fraction of sp³-hybridized carbons (Fsp3) is 0.122. The van der Waals surface area contributed by atoms with Crippen molar-refractivity contribution in [2.75, 3.05) is 42.6 Å². The predicted molar refractivity (Wildman–Crippen MR) is 222 cm³/mol. The quantitative estimate of drug-likeness (QED) is 0.0673. The van der Waals surface area contributed by atoms with E-state index >= 15 is 0 Å². The SMILES string of the molecule is COc1ccc(C(=O)Nc2ccc(C(=O)N[C@@H](Cc3cn[nH]n3)C(=O)Nc3ccc(C(=O)Nc4ccc(C(=O)Nc5ccc(C(=O)O)c(O)c5OC)c(O)c4OC)nc3)cc2)nc1. The van der Waals surface area contributed by atoms with Crippen LogP contribution in [0.1, 0.15) is 57.7 Å². The standard InChI is InChI=1S/C41H36N10O12/c1-61-24-9-13-30(43-19-24)38(56)45-21-6-4-20(5-7-21)36(54)49-31(16-23-18-44-51-50-23)40(58)46-22-8-12-29(42-17-22)39(57)48-28-14-10-25(32(52)34(28)62-2)37(55)47-27-15-11-26(41(59)60)33(53)35(27)63-3/h4-15,17-19,31,52-53H,16H2,1-3H3,(H,45,56)(H,46,58)(H,47,55)(H,48,57)(H,49,54)(H,59,60)(H,44,50,51)/t31-/m0/s1. The van der Waals surface area contributed by atoms with Gasteiger partial charge in [0.05, 0.1) is 68.2 Å². The lowest BCUT2D eigenvalue weighted by atomic mass is 10.1. The first-order chi connectivity index (χ1) is 30.3. The molecule has 0 fully saturated rings. The van der Waals surface area contributed by atoms with Gasteiger partial charge in [0.25, 0.3) is 23.6 Å². The second-order valence-electron chi connectivity index (χ2n) is 13.0. The van der Waals surface area contributed by atoms with Crippen molar-refractivity contribution in [2.24, 2.45) is 0 Å². The van der Waals surface area contributed by atoms with Gasteiger partial charge in [-0.3, -0.25) is 24.0 Å². The van der Waals surface area contributed by atoms with Crippen LogP contribution in [0.5, 0.6) is 28.7 Å². The van der Waals surface area contributed by atoms with Gasteiger partial charge in [-0.2, -0.15) is 15.4 Å². The number of carboxylic acid groups (broad SMARTS) is 1. The molecule has 322 valence electrons. The summed E-state index contributed by atoms with van der Waals surface area (Å²) in [6.07, 6.45) is 3.94. The first-order valence-corrected chi connectivity index (χ1v) is 18.3. The molecule has 1 atom stereocenters. The molecule has 3 heterocycles. The molecule has 0 spiro atoms. The maximum Gasteiger partial charge on any atom is 0.339 e. The minimum Gasteiger partial charge on any atom is -0.504 e. The fourth-order valence-electron chi connectivity index (χ4n) is 5.83. The number of aromatic nitrogens is 5. The van der Waals surface area contributed by atoms with Gasteiger partial charge in [0.1, 0.15) is 28.7 Å². The Morgan fingerprint density at radius 1 is 0.619 bits per heavy atom. The number of H-pyrrole nitrogens is 1. The normalized spacial score (nSPS) is 11.0. The Labute approximate surface area is 355 Å². The van der Waals surface area contributed by atoms with Crippen molar-refractivity contribution in [2.45, 2.75) is 12.5 Å². The van der Waals surface area contributed by atoms with Gasteiger partial charge in [0.15, 0.2) is 23.0 Å². The third-order valence-electron chi connectivity index (χ3n) is 9.02. The third-order valence-corrected chi connectivity index (χ3v) is 9.02. The first kappa shape index (κ1) is 43.5. The molecule has 0 saturated heterocycles. The molecule has 22 heteroatoms. The Morgan fingerprint density at radius 3 is 1.76 bits per heavy atom. The van der Waals surface area contributed by atoms with Gasteiger partial charge in [0, 0.05) is 17.7 Å². The molecule has 3 aromatic heterocycles. The van der Waals surface area contributed by atoms with E-state index < -0.39 is 58.6 Å². The van der Waals surface area contributed by atoms with Crippen molar-refractivity contribution in [1.82, 2.24) is 30.7 Å². The first-order valence-electron chi connectivity index (χ1n) is 18.3. The number of carbonyl (C=O) groups excluding carboxylic acids is 5. The molecular formula is C41H36N10O12. The number of amides is 5. The van der Waals surface area contributed by atoms with Gasteiger partial charge in [-0.1, -0.05) is 0 Å². The Morgan fingerprint density at radius 2 is 1.21 bits per heavy atom. The maximum absolute atomic E-state index is 13.5. The Kier molecular flexibility index (Phi) is 13.3. The molecule has 22 nitrogen and oxygen atoms in total. The molecule has 9 N–H and O–H groups in total. The van der Waals surface area contributed by atoms with Crippen LogP contribution in [-0.4, -0.2) is 104 Å². The monoisotopic (exact) mass is 860 g/mol. The number of nitrogens with one attached hydrogen (secondary N) is 6. The molecule has 0 bridgehead atoms. The summed E-state index contributed by atoms with van der Waals surface area (Å²) in [5.41, 5.74) is 0.203. The summed E-state index contributed by atoms with van der Waals surface area (Å²) in [6, 6.07) is 15.3. The van der Waals surface area contributed by atoms with Crippen molar-refractivity contribution in [3.8, 4) is 28.7 Å². The number of anilines is 4. The van der Waals surface area contributed by atoms with Gasteiger partial charge >= 0.3 is 5.97 Å². The number of phenols is 2. The number of ether oxygens (including phenoxy) is 3. The molecular weight excluding hydrogens is 825 g/mol. The number of phenolic OH excluding ortho intramolecular Hbond substituents is 1. The summed E-state index contributed by atoms with van der Waals surface area (Å²) in [5, 5.41) is 53.7. The van der Waals surface area contributed by atoms with E-state index in [9.17, 15) is 44.1 Å². The number of aromatic carboxylic acids is 1. The van der Waals surface area contributed by atoms with E-state index in [4.69, 9.17) is 14.2 Å². The molecule has 5 amide bonds. The minimum atomic E-state index is -1.43. The van der Waals surface area contributed by atoms with E-state index in [1.165, 1.54) is 93.5 Å². The Balaban J connectivity index is 1.09. The van der Waals surface area contributed by atoms with Crippen LogP contribution in [0.15, 0.2) is 91.4 Å². The van der Waals surface area contributed by atoms with E-state index in [0.717, 1.165) is 13.2 Å². The van der Waals surface area contributed by atoms with Gasteiger partial charge < -0.3 is 56.1 Å². The summed E-state index contributed by atoms with van der Waals surface area (Å²) in [5.74, 6) is -6.35. The zero-order valence-corrected chi connectivity index (χ0v) is 33.2. The van der Waals surface area contributed by atoms with Crippen molar-refractivity contribution >= 4 is 58.3 Å². The number of hydrogen-bond donors (Lipinski definition) is 9. The number of aromatic hydroxyl groups is 2. The number of pyridine rings is 2. The van der Waals surface area contributed by atoms with Crippen LogP contribution in [0.2, 0.25) is 0 Å². The zero-order chi connectivity index (χ0) is 45.2. The van der Waals surface area contributed by atoms with Crippen LogP contribution >= 0.6 is 0 Å². The summed E-state index contributed by atoms with van der Waals surface area (Å²) >= 11 is 0. The highest BCUT2D eigenvalue weighted by molar-refractivity contribution is 6.10. The van der Waals surface area contributed by atoms with E-state index in [1.54, 1.807) is 6.07 Å². The van der Waals surface area contributed by atoms with Crippen molar-refractivity contribution in [1.29, 1.82) is 0 Å². The molecule has 0 aliphatic carbocycles. The van der Waals surface area contributed by atoms with Crippen molar-refractivity contribution in [3.63, 3.8) is 0 Å². The molecule has 63 heavy (non-hydrogen) atoms. The number of carbonyl (C=O) groups is 6. The van der Waals surface area contributed by atoms with E-state index in [1.807, 2.05) is 0 Å². The van der Waals surface area contributed by atoms with Crippen LogP contribution in [-0.2, 0) is 11.2 Å². The number of rotatable bonds is 16. The van der Waals surface area contributed by atoms with Crippen LogP contribution < -0.4 is 40.8 Å². The van der Waals surface area contributed by atoms with Crippen molar-refractivity contribution in [3.05, 3.63) is 125 Å². The zero-order valence-electron chi connectivity index (χ0n) is 33.2. The second kappa shape index (κ2) is 19.3. The van der Waals surface area contributed by atoms with Gasteiger partial charge in [-0.25, -0.2) is 14.8 Å². The number of nitrogens with zero attached hydrogens (tertiary/aromatic N) is 4. The molecule has 0 radical (unpaired) electrons. The molecule has 3 aromatic carbocycles. The molecule has 6 rings (SSSR count). The highest BCUT2D eigenvalue weighted by Gasteiger charge is 2.26. The molecule has 0 unspecified atom stereocenters. The van der Waals surface area contributed by atoms with Crippen LogP contribution in [0.25, 0.3) is 0 Å². The number of aromatic amines is 1. The maximum atomic E-state index is 13.5. The topological polar surface area (TPSA) is 318 Å². The number of carboxylic acids is 1. The molecule has 0 aliphatic heterocycles. The van der Waals surface area contributed by atoms with Crippen LogP contribution in [0.3, 0.4) is 0 Å². The smallest absolute Gasteiger partial charge is 0.339 e. The van der Waals surface area contributed by atoms with Gasteiger partial charge in [-0.15, -0.1) is 0 Å². The average molecular weight is 861 g/mol. The summed E-state index contributed by atoms with van der Waals surface area (Å²) in [6.45, 7) is 0. The van der Waals surface area contributed by atoms with E-state index in [2.05, 4.69) is 52.0 Å². The lowest BCUT2D eigenvalue weighted by Gasteiger charge is -2.18. The molecule has 0 aliphatic rings. The lowest BCUT2D eigenvalue weighted by molar-refractivity contribution is -0.118. The van der Waals surface area contributed by atoms with Crippen LogP contribution in [0.4, 0.5) is 22.7 Å². The average Bonchev–Trinajstić information content (AvgIpc) is 3.80. The summed E-state index contributed by atoms with van der Waals surface area (Å²) in [4.78, 5) is 85.4. The highest BCUT2D eigenvalue weighted by Crippen LogP contribution is 2.40. The second-order valence-corrected chi connectivity index (χ2v) is 13.0.